The first-order chi connectivity index (χ1) is 8.54. The highest BCUT2D eigenvalue weighted by Gasteiger charge is 2.46. The summed E-state index contributed by atoms with van der Waals surface area (Å²) in [6.45, 7) is 2.23. The van der Waals surface area contributed by atoms with Crippen LogP contribution in [0.15, 0.2) is 18.2 Å². The van der Waals surface area contributed by atoms with Gasteiger partial charge in [-0.25, -0.2) is 4.39 Å². The van der Waals surface area contributed by atoms with E-state index in [-0.39, 0.29) is 29.6 Å². The van der Waals surface area contributed by atoms with Crippen LogP contribution < -0.4 is 11.1 Å². The van der Waals surface area contributed by atoms with Gasteiger partial charge in [-0.2, -0.15) is 0 Å². The number of rotatable bonds is 4. The van der Waals surface area contributed by atoms with Gasteiger partial charge in [-0.05, 0) is 25.5 Å². The molecule has 5 heteroatoms. The SMILES string of the molecule is C[C@@H](CN)NC(=O)C1CC1c1c(F)cccc1Cl. The number of carbonyl (C=O) groups is 1. The van der Waals surface area contributed by atoms with E-state index in [2.05, 4.69) is 5.32 Å². The predicted octanol–water partition coefficient (Wildman–Crippen LogP) is 2.05. The Hall–Kier alpha value is -1.13. The van der Waals surface area contributed by atoms with Gasteiger partial charge >= 0.3 is 0 Å². The monoisotopic (exact) mass is 270 g/mol. The van der Waals surface area contributed by atoms with Crippen LogP contribution in [-0.4, -0.2) is 18.5 Å². The summed E-state index contributed by atoms with van der Waals surface area (Å²) in [7, 11) is 0. The van der Waals surface area contributed by atoms with Gasteiger partial charge in [0.05, 0.1) is 0 Å². The van der Waals surface area contributed by atoms with Crippen LogP contribution >= 0.6 is 11.6 Å². The van der Waals surface area contributed by atoms with Crippen molar-refractivity contribution in [2.24, 2.45) is 11.7 Å². The van der Waals surface area contributed by atoms with E-state index in [1.165, 1.54) is 6.07 Å². The zero-order valence-electron chi connectivity index (χ0n) is 10.1. The summed E-state index contributed by atoms with van der Waals surface area (Å²) in [5, 5.41) is 3.19. The average molecular weight is 271 g/mol. The van der Waals surface area contributed by atoms with Crippen LogP contribution in [0.4, 0.5) is 4.39 Å². The number of benzene rings is 1. The fourth-order valence-corrected chi connectivity index (χ4v) is 2.38. The van der Waals surface area contributed by atoms with Gasteiger partial charge < -0.3 is 11.1 Å². The molecule has 0 aromatic heterocycles. The van der Waals surface area contributed by atoms with Crippen molar-refractivity contribution in [2.75, 3.05) is 6.54 Å². The van der Waals surface area contributed by atoms with E-state index >= 15 is 0 Å². The normalized spacial score (nSPS) is 23.6. The molecular weight excluding hydrogens is 255 g/mol. The molecule has 2 unspecified atom stereocenters. The highest BCUT2D eigenvalue weighted by atomic mass is 35.5. The molecule has 0 aliphatic heterocycles. The van der Waals surface area contributed by atoms with Gasteiger partial charge in [-0.15, -0.1) is 0 Å². The van der Waals surface area contributed by atoms with Crippen molar-refractivity contribution in [3.63, 3.8) is 0 Å². The standard InChI is InChI=1S/C13H16ClFN2O/c1-7(6-16)17-13(18)9-5-8(9)12-10(14)3-2-4-11(12)15/h2-4,7-9H,5-6,16H2,1H3,(H,17,18)/t7-,8?,9?/m0/s1. The molecule has 1 saturated carbocycles. The van der Waals surface area contributed by atoms with E-state index < -0.39 is 0 Å². The Morgan fingerprint density at radius 2 is 2.39 bits per heavy atom. The van der Waals surface area contributed by atoms with E-state index in [0.29, 0.717) is 23.6 Å². The number of hydrogen-bond acceptors (Lipinski definition) is 2. The van der Waals surface area contributed by atoms with Crippen molar-refractivity contribution >= 4 is 17.5 Å². The molecule has 1 aromatic carbocycles. The van der Waals surface area contributed by atoms with Gasteiger partial charge in [-0.3, -0.25) is 4.79 Å². The Morgan fingerprint density at radius 1 is 1.67 bits per heavy atom. The first-order valence-corrected chi connectivity index (χ1v) is 6.36. The quantitative estimate of drug-likeness (QED) is 0.880. The molecule has 0 bridgehead atoms. The number of amides is 1. The number of hydrogen-bond donors (Lipinski definition) is 2. The van der Waals surface area contributed by atoms with Gasteiger partial charge in [0, 0.05) is 35.0 Å². The number of nitrogens with one attached hydrogen (secondary N) is 1. The first kappa shape index (κ1) is 13.3. The molecule has 98 valence electrons. The van der Waals surface area contributed by atoms with Crippen LogP contribution in [0.25, 0.3) is 0 Å². The van der Waals surface area contributed by atoms with Crippen molar-refractivity contribution in [1.82, 2.24) is 5.32 Å². The zero-order valence-corrected chi connectivity index (χ0v) is 10.9. The Balaban J connectivity index is 2.05. The van der Waals surface area contributed by atoms with Gasteiger partial charge in [0.15, 0.2) is 0 Å². The lowest BCUT2D eigenvalue weighted by molar-refractivity contribution is -0.122. The molecule has 1 aliphatic carbocycles. The van der Waals surface area contributed by atoms with Gasteiger partial charge in [0.2, 0.25) is 5.91 Å². The van der Waals surface area contributed by atoms with Gasteiger partial charge in [0.1, 0.15) is 5.82 Å². The molecule has 1 aromatic rings. The molecule has 3 atom stereocenters. The van der Waals surface area contributed by atoms with Crippen molar-refractivity contribution in [1.29, 1.82) is 0 Å². The fraction of sp³-hybridized carbons (Fsp3) is 0.462. The van der Waals surface area contributed by atoms with Crippen LogP contribution in [0.3, 0.4) is 0 Å². The molecule has 1 aliphatic rings. The lowest BCUT2D eigenvalue weighted by Crippen LogP contribution is -2.38. The van der Waals surface area contributed by atoms with Crippen LogP contribution in [0.5, 0.6) is 0 Å². The molecule has 18 heavy (non-hydrogen) atoms. The van der Waals surface area contributed by atoms with Crippen molar-refractivity contribution < 1.29 is 9.18 Å². The summed E-state index contributed by atoms with van der Waals surface area (Å²) in [5.74, 6) is -0.705. The smallest absolute Gasteiger partial charge is 0.224 e. The third kappa shape index (κ3) is 2.65. The Morgan fingerprint density at radius 3 is 3.00 bits per heavy atom. The van der Waals surface area contributed by atoms with E-state index in [4.69, 9.17) is 17.3 Å². The maximum atomic E-state index is 13.7. The second-order valence-electron chi connectivity index (χ2n) is 4.73. The Labute approximate surface area is 111 Å². The minimum Gasteiger partial charge on any atom is -0.352 e. The summed E-state index contributed by atoms with van der Waals surface area (Å²) >= 11 is 5.98. The summed E-state index contributed by atoms with van der Waals surface area (Å²) in [5.41, 5.74) is 5.90. The van der Waals surface area contributed by atoms with Crippen LogP contribution in [0.2, 0.25) is 5.02 Å². The maximum absolute atomic E-state index is 13.7. The van der Waals surface area contributed by atoms with Crippen molar-refractivity contribution in [2.45, 2.75) is 25.3 Å². The van der Waals surface area contributed by atoms with Gasteiger partial charge in [-0.1, -0.05) is 17.7 Å². The number of halogens is 2. The second kappa shape index (κ2) is 5.24. The third-order valence-electron chi connectivity index (χ3n) is 3.24. The number of carbonyl (C=O) groups excluding carboxylic acids is 1. The largest absolute Gasteiger partial charge is 0.352 e. The molecule has 0 heterocycles. The van der Waals surface area contributed by atoms with E-state index in [1.807, 2.05) is 6.92 Å². The van der Waals surface area contributed by atoms with Crippen LogP contribution in [0.1, 0.15) is 24.8 Å². The summed E-state index contributed by atoms with van der Waals surface area (Å²) in [4.78, 5) is 11.8. The molecule has 1 amide bonds. The third-order valence-corrected chi connectivity index (χ3v) is 3.57. The van der Waals surface area contributed by atoms with E-state index in [1.54, 1.807) is 12.1 Å². The second-order valence-corrected chi connectivity index (χ2v) is 5.14. The summed E-state index contributed by atoms with van der Waals surface area (Å²) in [6.07, 6.45) is 0.643. The van der Waals surface area contributed by atoms with Crippen LogP contribution in [-0.2, 0) is 4.79 Å². The Bertz CT molecular complexity index is 446. The minimum atomic E-state index is -0.338. The Kier molecular flexibility index (Phi) is 3.88. The molecular formula is C13H16ClFN2O. The van der Waals surface area contributed by atoms with E-state index in [9.17, 15) is 9.18 Å². The highest BCUT2D eigenvalue weighted by molar-refractivity contribution is 6.31. The van der Waals surface area contributed by atoms with Crippen molar-refractivity contribution in [3.8, 4) is 0 Å². The number of nitrogens with two attached hydrogens (primary N) is 1. The summed E-state index contributed by atoms with van der Waals surface area (Å²) in [6, 6.07) is 4.52. The predicted molar refractivity (Wildman–Crippen MR) is 68.9 cm³/mol. The highest BCUT2D eigenvalue weighted by Crippen LogP contribution is 2.50. The van der Waals surface area contributed by atoms with Crippen molar-refractivity contribution in [3.05, 3.63) is 34.6 Å². The molecule has 0 radical (unpaired) electrons. The molecule has 0 spiro atoms. The molecule has 3 nitrogen and oxygen atoms in total. The van der Waals surface area contributed by atoms with E-state index in [0.717, 1.165) is 0 Å². The van der Waals surface area contributed by atoms with Gasteiger partial charge in [0.25, 0.3) is 0 Å². The fourth-order valence-electron chi connectivity index (χ4n) is 2.08. The lowest BCUT2D eigenvalue weighted by Gasteiger charge is -2.11. The molecule has 2 rings (SSSR count). The molecule has 3 N–H and O–H groups in total. The molecule has 0 saturated heterocycles. The topological polar surface area (TPSA) is 55.1 Å². The first-order valence-electron chi connectivity index (χ1n) is 5.99. The zero-order chi connectivity index (χ0) is 13.3. The maximum Gasteiger partial charge on any atom is 0.224 e. The molecule has 1 fully saturated rings. The lowest BCUT2D eigenvalue weighted by atomic mass is 10.1. The summed E-state index contributed by atoms with van der Waals surface area (Å²) < 4.78 is 13.7. The minimum absolute atomic E-state index is 0.0603. The average Bonchev–Trinajstić information content (AvgIpc) is 3.08. The van der Waals surface area contributed by atoms with Crippen LogP contribution in [0, 0.1) is 11.7 Å².